The molecular weight excluding hydrogens is 452 g/mol. The van der Waals surface area contributed by atoms with Crippen LogP contribution in [0.1, 0.15) is 24.0 Å². The second-order valence-corrected chi connectivity index (χ2v) is 8.66. The minimum absolute atomic E-state index is 0.00537. The zero-order valence-corrected chi connectivity index (χ0v) is 19.8. The molecule has 4 rings (SSSR count). The van der Waals surface area contributed by atoms with Crippen LogP contribution in [0.15, 0.2) is 48.5 Å². The summed E-state index contributed by atoms with van der Waals surface area (Å²) in [6.45, 7) is 2.30. The lowest BCUT2D eigenvalue weighted by atomic mass is 9.98. The number of likely N-dealkylation sites (tertiary alicyclic amines) is 1. The van der Waals surface area contributed by atoms with Gasteiger partial charge in [-0.15, -0.1) is 0 Å². The van der Waals surface area contributed by atoms with Crippen LogP contribution in [-0.4, -0.2) is 80.1 Å². The SMILES string of the molecule is CCOC1CN(C(=O)[C@H](COC)NC(=O)OCC2c3ccccc3-c3ccccc32)CC1C(=O)O. The molecule has 0 aromatic heterocycles. The van der Waals surface area contributed by atoms with Crippen LogP contribution in [0.4, 0.5) is 4.79 Å². The molecule has 3 atom stereocenters. The van der Waals surface area contributed by atoms with Crippen molar-refractivity contribution in [2.45, 2.75) is 25.0 Å². The Hall–Kier alpha value is -3.43. The number of rotatable bonds is 9. The lowest BCUT2D eigenvalue weighted by Gasteiger charge is -2.24. The number of hydrogen-bond acceptors (Lipinski definition) is 6. The maximum Gasteiger partial charge on any atom is 0.407 e. The van der Waals surface area contributed by atoms with Crippen molar-refractivity contribution in [3.05, 3.63) is 59.7 Å². The van der Waals surface area contributed by atoms with Crippen molar-refractivity contribution in [1.29, 1.82) is 0 Å². The number of carboxylic acid groups (broad SMARTS) is 1. The molecule has 9 nitrogen and oxygen atoms in total. The Morgan fingerprint density at radius 2 is 1.69 bits per heavy atom. The first-order valence-corrected chi connectivity index (χ1v) is 11.7. The Labute approximate surface area is 204 Å². The van der Waals surface area contributed by atoms with E-state index in [9.17, 15) is 19.5 Å². The van der Waals surface area contributed by atoms with Crippen molar-refractivity contribution in [2.75, 3.05) is 40.0 Å². The Morgan fingerprint density at radius 1 is 1.06 bits per heavy atom. The topological polar surface area (TPSA) is 114 Å². The van der Waals surface area contributed by atoms with Crippen LogP contribution in [0, 0.1) is 5.92 Å². The van der Waals surface area contributed by atoms with Gasteiger partial charge in [-0.1, -0.05) is 48.5 Å². The molecule has 2 unspecified atom stereocenters. The molecule has 2 aromatic carbocycles. The highest BCUT2D eigenvalue weighted by molar-refractivity contribution is 5.87. The number of nitrogens with zero attached hydrogens (tertiary/aromatic N) is 1. The molecule has 1 heterocycles. The summed E-state index contributed by atoms with van der Waals surface area (Å²) >= 11 is 0. The summed E-state index contributed by atoms with van der Waals surface area (Å²) in [6, 6.07) is 15.0. The average Bonchev–Trinajstić information content (AvgIpc) is 3.42. The Bertz CT molecular complexity index is 1040. The molecule has 2 aliphatic rings. The summed E-state index contributed by atoms with van der Waals surface area (Å²) in [7, 11) is 1.42. The quantitative estimate of drug-likeness (QED) is 0.564. The van der Waals surface area contributed by atoms with Gasteiger partial charge in [-0.3, -0.25) is 9.59 Å². The first kappa shape index (κ1) is 24.7. The molecule has 2 N–H and O–H groups in total. The highest BCUT2D eigenvalue weighted by atomic mass is 16.5. The van der Waals surface area contributed by atoms with E-state index in [4.69, 9.17) is 14.2 Å². The minimum atomic E-state index is -1.02. The van der Waals surface area contributed by atoms with E-state index >= 15 is 0 Å². The van der Waals surface area contributed by atoms with Crippen molar-refractivity contribution in [2.24, 2.45) is 5.92 Å². The number of aliphatic carboxylic acids is 1. The normalized spacial score (nSPS) is 19.7. The maximum absolute atomic E-state index is 13.1. The fraction of sp³-hybridized carbons (Fsp3) is 0.423. The van der Waals surface area contributed by atoms with E-state index in [1.807, 2.05) is 36.4 Å². The van der Waals surface area contributed by atoms with E-state index < -0.39 is 36.0 Å². The number of hydrogen-bond donors (Lipinski definition) is 2. The zero-order chi connectivity index (χ0) is 24.9. The molecule has 2 aromatic rings. The van der Waals surface area contributed by atoms with Gasteiger partial charge in [0.2, 0.25) is 5.91 Å². The molecule has 35 heavy (non-hydrogen) atoms. The van der Waals surface area contributed by atoms with Crippen LogP contribution in [0.2, 0.25) is 0 Å². The first-order valence-electron chi connectivity index (χ1n) is 11.7. The predicted octanol–water partition coefficient (Wildman–Crippen LogP) is 2.49. The number of carbonyl (C=O) groups excluding carboxylic acids is 2. The van der Waals surface area contributed by atoms with Crippen molar-refractivity contribution < 1.29 is 33.7 Å². The van der Waals surface area contributed by atoms with E-state index in [0.717, 1.165) is 22.3 Å². The summed E-state index contributed by atoms with van der Waals surface area (Å²) in [6.07, 6.45) is -1.34. The molecule has 0 bridgehead atoms. The molecule has 1 aliphatic heterocycles. The molecule has 2 amide bonds. The van der Waals surface area contributed by atoms with Crippen molar-refractivity contribution >= 4 is 18.0 Å². The summed E-state index contributed by atoms with van der Waals surface area (Å²) in [5, 5.41) is 12.1. The van der Waals surface area contributed by atoms with Gasteiger partial charge in [0.05, 0.1) is 12.7 Å². The number of carboxylic acids is 1. The summed E-state index contributed by atoms with van der Waals surface area (Å²) < 4.78 is 16.2. The zero-order valence-electron chi connectivity index (χ0n) is 19.8. The number of benzene rings is 2. The molecule has 0 saturated carbocycles. The van der Waals surface area contributed by atoms with E-state index in [-0.39, 0.29) is 32.2 Å². The largest absolute Gasteiger partial charge is 0.481 e. The number of nitrogens with one attached hydrogen (secondary N) is 1. The van der Waals surface area contributed by atoms with Crippen molar-refractivity contribution in [3.63, 3.8) is 0 Å². The van der Waals surface area contributed by atoms with Gasteiger partial charge in [-0.2, -0.15) is 0 Å². The second-order valence-electron chi connectivity index (χ2n) is 8.66. The lowest BCUT2D eigenvalue weighted by molar-refractivity contribution is -0.145. The summed E-state index contributed by atoms with van der Waals surface area (Å²) in [4.78, 5) is 38.8. The van der Waals surface area contributed by atoms with E-state index in [1.54, 1.807) is 6.92 Å². The first-order chi connectivity index (χ1) is 16.9. The van der Waals surface area contributed by atoms with E-state index in [2.05, 4.69) is 17.4 Å². The van der Waals surface area contributed by atoms with Gasteiger partial charge in [-0.25, -0.2) is 4.79 Å². The van der Waals surface area contributed by atoms with Crippen molar-refractivity contribution in [1.82, 2.24) is 10.2 Å². The van der Waals surface area contributed by atoms with Crippen LogP contribution in [-0.2, 0) is 23.8 Å². The van der Waals surface area contributed by atoms with Crippen molar-refractivity contribution in [3.8, 4) is 11.1 Å². The monoisotopic (exact) mass is 482 g/mol. The number of methoxy groups -OCH3 is 1. The summed E-state index contributed by atoms with van der Waals surface area (Å²) in [5.74, 6) is -2.39. The highest BCUT2D eigenvalue weighted by Crippen LogP contribution is 2.44. The van der Waals surface area contributed by atoms with E-state index in [1.165, 1.54) is 12.0 Å². The molecule has 0 radical (unpaired) electrons. The molecule has 1 aliphatic carbocycles. The second kappa shape index (κ2) is 10.9. The number of amides is 2. The molecular formula is C26H30N2O7. The van der Waals surface area contributed by atoms with Crippen LogP contribution in [0.3, 0.4) is 0 Å². The molecule has 0 spiro atoms. The smallest absolute Gasteiger partial charge is 0.407 e. The third-order valence-electron chi connectivity index (χ3n) is 6.54. The summed E-state index contributed by atoms with van der Waals surface area (Å²) in [5.41, 5.74) is 4.42. The van der Waals surface area contributed by atoms with Crippen LogP contribution < -0.4 is 5.32 Å². The Morgan fingerprint density at radius 3 is 2.26 bits per heavy atom. The Kier molecular flexibility index (Phi) is 7.67. The maximum atomic E-state index is 13.1. The van der Waals surface area contributed by atoms with Gasteiger partial charge in [-0.05, 0) is 29.2 Å². The lowest BCUT2D eigenvalue weighted by Crippen LogP contribution is -2.50. The third-order valence-corrected chi connectivity index (χ3v) is 6.54. The van der Waals surface area contributed by atoms with Gasteiger partial charge in [0.15, 0.2) is 0 Å². The highest BCUT2D eigenvalue weighted by Gasteiger charge is 2.42. The van der Waals surface area contributed by atoms with E-state index in [0.29, 0.717) is 6.61 Å². The third kappa shape index (κ3) is 5.16. The van der Waals surface area contributed by atoms with Gasteiger partial charge in [0, 0.05) is 32.7 Å². The van der Waals surface area contributed by atoms with Crippen LogP contribution in [0.5, 0.6) is 0 Å². The molecule has 186 valence electrons. The number of alkyl carbamates (subject to hydrolysis) is 1. The van der Waals surface area contributed by atoms with Gasteiger partial charge < -0.3 is 29.5 Å². The standard InChI is InChI=1S/C26H30N2O7/c1-3-34-23-13-28(12-20(23)25(30)31)24(29)22(15-33-2)27-26(32)35-14-21-18-10-6-4-8-16(18)17-9-5-7-11-19(17)21/h4-11,20-23H,3,12-15H2,1-2H3,(H,27,32)(H,30,31)/t20?,22-,23?/m0/s1. The van der Waals surface area contributed by atoms with Gasteiger partial charge >= 0.3 is 12.1 Å². The average molecular weight is 483 g/mol. The Balaban J connectivity index is 1.40. The van der Waals surface area contributed by atoms with Crippen LogP contribution >= 0.6 is 0 Å². The molecule has 9 heteroatoms. The minimum Gasteiger partial charge on any atom is -0.481 e. The number of ether oxygens (including phenoxy) is 3. The number of fused-ring (bicyclic) bond motifs is 3. The van der Waals surface area contributed by atoms with Gasteiger partial charge in [0.25, 0.3) is 0 Å². The van der Waals surface area contributed by atoms with Gasteiger partial charge in [0.1, 0.15) is 18.6 Å². The number of carbonyl (C=O) groups is 3. The fourth-order valence-electron chi connectivity index (χ4n) is 4.92. The predicted molar refractivity (Wildman–Crippen MR) is 127 cm³/mol. The fourth-order valence-corrected chi connectivity index (χ4v) is 4.92. The van der Waals surface area contributed by atoms with Crippen LogP contribution in [0.25, 0.3) is 11.1 Å². The molecule has 1 fully saturated rings. The molecule has 1 saturated heterocycles.